The van der Waals surface area contributed by atoms with E-state index in [1.54, 1.807) is 6.07 Å². The number of nitrogens with zero attached hydrogens (tertiary/aromatic N) is 1. The number of nitrogens with one attached hydrogen (secondary N) is 2. The average Bonchev–Trinajstić information content (AvgIpc) is 2.55. The summed E-state index contributed by atoms with van der Waals surface area (Å²) < 4.78 is 19.4. The van der Waals surface area contributed by atoms with Crippen molar-refractivity contribution in [2.45, 2.75) is 31.3 Å². The molecule has 2 fully saturated rings. The lowest BCUT2D eigenvalue weighted by molar-refractivity contribution is -0.125. The number of hydrogen-bond donors (Lipinski definition) is 3. The summed E-state index contributed by atoms with van der Waals surface area (Å²) in [6.07, 6.45) is 3.24. The first-order valence-electron chi connectivity index (χ1n) is 8.53. The second-order valence-corrected chi connectivity index (χ2v) is 6.34. The Morgan fingerprint density at radius 3 is 2.84 bits per heavy atom. The fourth-order valence-electron chi connectivity index (χ4n) is 2.92. The lowest BCUT2D eigenvalue weighted by Gasteiger charge is -2.30. The first kappa shape index (κ1) is 17.8. The minimum atomic E-state index is -0.565. The van der Waals surface area contributed by atoms with Crippen LogP contribution in [0.25, 0.3) is 0 Å². The lowest BCUT2D eigenvalue weighted by Crippen LogP contribution is -2.52. The maximum Gasteiger partial charge on any atom is 0.253 e. The van der Waals surface area contributed by atoms with E-state index in [4.69, 9.17) is 10.5 Å². The molecule has 0 radical (unpaired) electrons. The predicted molar refractivity (Wildman–Crippen MR) is 91.8 cm³/mol. The van der Waals surface area contributed by atoms with Gasteiger partial charge in [-0.15, -0.1) is 0 Å². The quantitative estimate of drug-likeness (QED) is 0.698. The van der Waals surface area contributed by atoms with Gasteiger partial charge in [-0.1, -0.05) is 6.42 Å². The summed E-state index contributed by atoms with van der Waals surface area (Å²) in [7, 11) is 0. The van der Waals surface area contributed by atoms with Crippen molar-refractivity contribution in [3.63, 3.8) is 0 Å². The van der Waals surface area contributed by atoms with Crippen LogP contribution in [-0.4, -0.2) is 50.2 Å². The SMILES string of the molecule is NC[C@@H](NC1CCC1)C(=O)Nc1ccc(N2CCOCC2=O)c(F)c1. The van der Waals surface area contributed by atoms with E-state index in [0.29, 0.717) is 24.9 Å². The van der Waals surface area contributed by atoms with E-state index < -0.39 is 11.9 Å². The van der Waals surface area contributed by atoms with Crippen molar-refractivity contribution < 1.29 is 18.7 Å². The third-order valence-corrected chi connectivity index (χ3v) is 4.59. The molecule has 4 N–H and O–H groups in total. The Balaban J connectivity index is 1.65. The third-order valence-electron chi connectivity index (χ3n) is 4.59. The lowest BCUT2D eigenvalue weighted by atomic mass is 9.92. The maximum absolute atomic E-state index is 14.4. The highest BCUT2D eigenvalue weighted by molar-refractivity contribution is 5.97. The molecule has 1 saturated carbocycles. The maximum atomic E-state index is 14.4. The summed E-state index contributed by atoms with van der Waals surface area (Å²) in [5.74, 6) is -1.14. The molecule has 1 heterocycles. The van der Waals surface area contributed by atoms with E-state index in [0.717, 1.165) is 19.3 Å². The Labute approximate surface area is 145 Å². The molecule has 2 amide bonds. The van der Waals surface area contributed by atoms with Gasteiger partial charge < -0.3 is 26.0 Å². The number of hydrogen-bond acceptors (Lipinski definition) is 5. The molecule has 8 heteroatoms. The Morgan fingerprint density at radius 1 is 1.44 bits per heavy atom. The molecule has 1 aromatic rings. The Bertz CT molecular complexity index is 651. The number of rotatable bonds is 6. The first-order chi connectivity index (χ1) is 12.1. The van der Waals surface area contributed by atoms with E-state index >= 15 is 0 Å². The zero-order chi connectivity index (χ0) is 17.8. The highest BCUT2D eigenvalue weighted by atomic mass is 19.1. The number of nitrogens with two attached hydrogens (primary N) is 1. The van der Waals surface area contributed by atoms with Crippen LogP contribution in [0, 0.1) is 5.82 Å². The minimum Gasteiger partial charge on any atom is -0.370 e. The fraction of sp³-hybridized carbons (Fsp3) is 0.529. The number of benzene rings is 1. The molecule has 0 unspecified atom stereocenters. The number of anilines is 2. The number of morpholine rings is 1. The highest BCUT2D eigenvalue weighted by Gasteiger charge is 2.26. The highest BCUT2D eigenvalue weighted by Crippen LogP contribution is 2.24. The van der Waals surface area contributed by atoms with E-state index in [9.17, 15) is 14.0 Å². The van der Waals surface area contributed by atoms with E-state index in [1.807, 2.05) is 0 Å². The molecular formula is C17H23FN4O3. The predicted octanol–water partition coefficient (Wildman–Crippen LogP) is 0.597. The van der Waals surface area contributed by atoms with Crippen LogP contribution in [0.4, 0.5) is 15.8 Å². The molecule has 3 rings (SSSR count). The van der Waals surface area contributed by atoms with Crippen molar-refractivity contribution in [3.05, 3.63) is 24.0 Å². The number of halogens is 1. The van der Waals surface area contributed by atoms with Gasteiger partial charge in [-0.05, 0) is 31.0 Å². The molecule has 136 valence electrons. The second kappa shape index (κ2) is 7.90. The zero-order valence-electron chi connectivity index (χ0n) is 14.0. The monoisotopic (exact) mass is 350 g/mol. The summed E-state index contributed by atoms with van der Waals surface area (Å²) in [6.45, 7) is 0.796. The van der Waals surface area contributed by atoms with Crippen molar-refractivity contribution in [1.29, 1.82) is 0 Å². The van der Waals surface area contributed by atoms with Crippen molar-refractivity contribution >= 4 is 23.2 Å². The van der Waals surface area contributed by atoms with E-state index in [2.05, 4.69) is 10.6 Å². The van der Waals surface area contributed by atoms with Crippen LogP contribution >= 0.6 is 0 Å². The number of carbonyl (C=O) groups excluding carboxylic acids is 2. The van der Waals surface area contributed by atoms with Gasteiger partial charge in [0.1, 0.15) is 12.4 Å². The number of amides is 2. The van der Waals surface area contributed by atoms with Crippen molar-refractivity contribution in [2.75, 3.05) is 36.5 Å². The first-order valence-corrected chi connectivity index (χ1v) is 8.53. The van der Waals surface area contributed by atoms with Gasteiger partial charge in [0.2, 0.25) is 5.91 Å². The molecule has 1 aromatic carbocycles. The summed E-state index contributed by atoms with van der Waals surface area (Å²) in [5.41, 5.74) is 6.19. The number of ether oxygens (including phenoxy) is 1. The van der Waals surface area contributed by atoms with Gasteiger partial charge in [-0.3, -0.25) is 9.59 Å². The van der Waals surface area contributed by atoms with Crippen molar-refractivity contribution in [1.82, 2.24) is 5.32 Å². The van der Waals surface area contributed by atoms with Crippen LogP contribution in [0.3, 0.4) is 0 Å². The summed E-state index contributed by atoms with van der Waals surface area (Å²) in [5, 5.41) is 5.89. The van der Waals surface area contributed by atoms with Crippen LogP contribution in [0.2, 0.25) is 0 Å². The van der Waals surface area contributed by atoms with Crippen LogP contribution in [0.15, 0.2) is 18.2 Å². The van der Waals surface area contributed by atoms with E-state index in [-0.39, 0.29) is 30.7 Å². The Kier molecular flexibility index (Phi) is 5.62. The summed E-state index contributed by atoms with van der Waals surface area (Å²) >= 11 is 0. The van der Waals surface area contributed by atoms with E-state index in [1.165, 1.54) is 17.0 Å². The topological polar surface area (TPSA) is 96.7 Å². The zero-order valence-corrected chi connectivity index (χ0v) is 14.0. The summed E-state index contributed by atoms with van der Waals surface area (Å²) in [4.78, 5) is 25.5. The molecule has 1 saturated heterocycles. The van der Waals surface area contributed by atoms with Crippen LogP contribution in [-0.2, 0) is 14.3 Å². The van der Waals surface area contributed by atoms with Gasteiger partial charge in [-0.25, -0.2) is 4.39 Å². The molecule has 0 spiro atoms. The largest absolute Gasteiger partial charge is 0.370 e. The molecule has 0 bridgehead atoms. The third kappa shape index (κ3) is 4.15. The Morgan fingerprint density at radius 2 is 2.24 bits per heavy atom. The van der Waals surface area contributed by atoms with Gasteiger partial charge >= 0.3 is 0 Å². The van der Waals surface area contributed by atoms with Crippen molar-refractivity contribution in [3.8, 4) is 0 Å². The van der Waals surface area contributed by atoms with Gasteiger partial charge in [0.05, 0.1) is 18.3 Å². The van der Waals surface area contributed by atoms with Gasteiger partial charge in [0.15, 0.2) is 0 Å². The molecule has 0 aromatic heterocycles. The normalized spacial score (nSPS) is 19.4. The molecule has 7 nitrogen and oxygen atoms in total. The molecule has 1 aliphatic carbocycles. The second-order valence-electron chi connectivity index (χ2n) is 6.34. The molecular weight excluding hydrogens is 327 g/mol. The van der Waals surface area contributed by atoms with Crippen LogP contribution in [0.1, 0.15) is 19.3 Å². The van der Waals surface area contributed by atoms with Crippen LogP contribution in [0.5, 0.6) is 0 Å². The molecule has 1 atom stereocenters. The smallest absolute Gasteiger partial charge is 0.253 e. The van der Waals surface area contributed by atoms with Crippen LogP contribution < -0.4 is 21.3 Å². The fourth-order valence-corrected chi connectivity index (χ4v) is 2.92. The molecule has 2 aliphatic rings. The van der Waals surface area contributed by atoms with Gasteiger partial charge in [0.25, 0.3) is 5.91 Å². The average molecular weight is 350 g/mol. The molecule has 25 heavy (non-hydrogen) atoms. The van der Waals surface area contributed by atoms with Gasteiger partial charge in [-0.2, -0.15) is 0 Å². The minimum absolute atomic E-state index is 0.0526. The Hall–Kier alpha value is -2.03. The van der Waals surface area contributed by atoms with Gasteiger partial charge in [0, 0.05) is 24.8 Å². The van der Waals surface area contributed by atoms with Crippen molar-refractivity contribution in [2.24, 2.45) is 5.73 Å². The standard InChI is InChI=1S/C17H23FN4O3/c18-13-8-12(4-5-15(13)22-6-7-25-10-16(22)23)21-17(24)14(9-19)20-11-2-1-3-11/h4-5,8,11,14,20H,1-3,6-7,9-10,19H2,(H,21,24)/t14-/m1/s1. The molecule has 1 aliphatic heterocycles. The number of carbonyl (C=O) groups is 2. The summed E-state index contributed by atoms with van der Waals surface area (Å²) in [6, 6.07) is 4.10.